The summed E-state index contributed by atoms with van der Waals surface area (Å²) in [5.41, 5.74) is 0. The van der Waals surface area contributed by atoms with Gasteiger partial charge in [0.1, 0.15) is 0 Å². The fourth-order valence-corrected chi connectivity index (χ4v) is 2.52. The fraction of sp³-hybridized carbons (Fsp3) is 1.00. The molecule has 1 atom stereocenters. The van der Waals surface area contributed by atoms with Crippen LogP contribution in [0.25, 0.3) is 0 Å². The van der Waals surface area contributed by atoms with Gasteiger partial charge in [-0.05, 0) is 25.5 Å². The van der Waals surface area contributed by atoms with Crippen LogP contribution in [-0.4, -0.2) is 42.3 Å². The second kappa shape index (κ2) is 4.33. The number of piperidine rings is 1. The van der Waals surface area contributed by atoms with Crippen LogP contribution in [0.1, 0.15) is 19.3 Å². The van der Waals surface area contributed by atoms with Crippen LogP contribution >= 0.6 is 11.8 Å². The van der Waals surface area contributed by atoms with E-state index in [4.69, 9.17) is 0 Å². The number of thioether (sulfide) groups is 1. The third-order valence-electron chi connectivity index (χ3n) is 2.21. The first-order valence-electron chi connectivity index (χ1n) is 4.22. The maximum Gasteiger partial charge on any atom is 0.0695 e. The predicted molar refractivity (Wildman–Crippen MR) is 51.5 cm³/mol. The van der Waals surface area contributed by atoms with Crippen molar-refractivity contribution >= 4 is 11.8 Å². The Morgan fingerprint density at radius 1 is 1.36 bits per heavy atom. The number of nitrogens with zero attached hydrogens (tertiary/aromatic N) is 2. The highest BCUT2D eigenvalue weighted by molar-refractivity contribution is 7.99. The van der Waals surface area contributed by atoms with Crippen LogP contribution in [0, 0.1) is 0 Å². The van der Waals surface area contributed by atoms with Crippen LogP contribution in [0.15, 0.2) is 0 Å². The Balaban J connectivity index is 2.44. The van der Waals surface area contributed by atoms with E-state index in [0.29, 0.717) is 0 Å². The smallest absolute Gasteiger partial charge is 0.0695 e. The second-order valence-electron chi connectivity index (χ2n) is 3.20. The van der Waals surface area contributed by atoms with Gasteiger partial charge in [0.2, 0.25) is 0 Å². The average Bonchev–Trinajstić information content (AvgIpc) is 2.04. The molecule has 0 radical (unpaired) electrons. The van der Waals surface area contributed by atoms with Crippen LogP contribution in [-0.2, 0) is 0 Å². The molecule has 1 rings (SSSR count). The van der Waals surface area contributed by atoms with E-state index in [1.807, 2.05) is 11.8 Å². The molecule has 0 spiro atoms. The van der Waals surface area contributed by atoms with Crippen molar-refractivity contribution < 1.29 is 0 Å². The lowest BCUT2D eigenvalue weighted by Crippen LogP contribution is -2.45. The molecule has 0 bridgehead atoms. The monoisotopic (exact) mass is 174 g/mol. The summed E-state index contributed by atoms with van der Waals surface area (Å²) in [6.07, 6.45) is 6.30. The van der Waals surface area contributed by atoms with Gasteiger partial charge in [-0.25, -0.2) is 10.0 Å². The molecule has 0 amide bonds. The first-order valence-corrected chi connectivity index (χ1v) is 5.51. The predicted octanol–water partition coefficient (Wildman–Crippen LogP) is 1.64. The minimum absolute atomic E-state index is 0.721. The standard InChI is InChI=1S/C8H18N2S/c1-9(2)10-7-5-4-6-8(10)11-3/h8H,4-7H2,1-3H3. The van der Waals surface area contributed by atoms with Gasteiger partial charge in [-0.2, -0.15) is 0 Å². The van der Waals surface area contributed by atoms with E-state index in [1.54, 1.807) is 0 Å². The van der Waals surface area contributed by atoms with E-state index in [2.05, 4.69) is 30.4 Å². The van der Waals surface area contributed by atoms with E-state index in [0.717, 1.165) is 5.37 Å². The van der Waals surface area contributed by atoms with Gasteiger partial charge >= 0.3 is 0 Å². The molecule has 0 aliphatic carbocycles. The van der Waals surface area contributed by atoms with Crippen molar-refractivity contribution in [1.82, 2.24) is 10.0 Å². The molecule has 66 valence electrons. The van der Waals surface area contributed by atoms with Crippen molar-refractivity contribution in [3.8, 4) is 0 Å². The molecule has 1 heterocycles. The van der Waals surface area contributed by atoms with Gasteiger partial charge in [-0.1, -0.05) is 0 Å². The zero-order valence-electron chi connectivity index (χ0n) is 7.71. The molecule has 3 heteroatoms. The minimum Gasteiger partial charge on any atom is -0.247 e. The molecule has 11 heavy (non-hydrogen) atoms. The van der Waals surface area contributed by atoms with E-state index >= 15 is 0 Å². The van der Waals surface area contributed by atoms with Gasteiger partial charge in [0, 0.05) is 20.6 Å². The second-order valence-corrected chi connectivity index (χ2v) is 4.21. The zero-order valence-corrected chi connectivity index (χ0v) is 8.52. The van der Waals surface area contributed by atoms with Crippen molar-refractivity contribution in [2.75, 3.05) is 26.9 Å². The van der Waals surface area contributed by atoms with Crippen LogP contribution in [0.4, 0.5) is 0 Å². The summed E-state index contributed by atoms with van der Waals surface area (Å²) in [5.74, 6) is 0. The lowest BCUT2D eigenvalue weighted by molar-refractivity contribution is -0.00629. The molecule has 1 unspecified atom stereocenters. The van der Waals surface area contributed by atoms with Crippen molar-refractivity contribution in [3.05, 3.63) is 0 Å². The number of hydrogen-bond acceptors (Lipinski definition) is 3. The highest BCUT2D eigenvalue weighted by Crippen LogP contribution is 2.24. The highest BCUT2D eigenvalue weighted by Gasteiger charge is 2.22. The van der Waals surface area contributed by atoms with Crippen LogP contribution < -0.4 is 0 Å². The molecule has 0 aromatic heterocycles. The molecule has 0 aromatic rings. The Morgan fingerprint density at radius 3 is 2.55 bits per heavy atom. The molecular formula is C8H18N2S. The third-order valence-corrected chi connectivity index (χ3v) is 3.23. The Kier molecular flexibility index (Phi) is 3.69. The highest BCUT2D eigenvalue weighted by atomic mass is 32.2. The quantitative estimate of drug-likeness (QED) is 0.628. The summed E-state index contributed by atoms with van der Waals surface area (Å²) in [5, 5.41) is 5.40. The Labute approximate surface area is 73.9 Å². The molecule has 0 N–H and O–H groups in total. The van der Waals surface area contributed by atoms with Gasteiger partial charge in [-0.3, -0.25) is 0 Å². The summed E-state index contributed by atoms with van der Waals surface area (Å²) in [6.45, 7) is 1.23. The number of rotatable bonds is 2. The average molecular weight is 174 g/mol. The molecule has 1 aliphatic heterocycles. The van der Waals surface area contributed by atoms with Crippen molar-refractivity contribution in [2.24, 2.45) is 0 Å². The Bertz CT molecular complexity index is 117. The van der Waals surface area contributed by atoms with Gasteiger partial charge in [0.15, 0.2) is 0 Å². The topological polar surface area (TPSA) is 6.48 Å². The van der Waals surface area contributed by atoms with E-state index in [-0.39, 0.29) is 0 Å². The summed E-state index contributed by atoms with van der Waals surface area (Å²) < 4.78 is 0. The van der Waals surface area contributed by atoms with Crippen molar-refractivity contribution in [3.63, 3.8) is 0 Å². The van der Waals surface area contributed by atoms with E-state index in [1.165, 1.54) is 25.8 Å². The lowest BCUT2D eigenvalue weighted by Gasteiger charge is -2.38. The van der Waals surface area contributed by atoms with E-state index in [9.17, 15) is 0 Å². The maximum atomic E-state index is 2.45. The molecule has 1 aliphatic rings. The Morgan fingerprint density at radius 2 is 2.09 bits per heavy atom. The molecule has 0 saturated carbocycles. The molecule has 0 aromatic carbocycles. The van der Waals surface area contributed by atoms with Crippen LogP contribution in [0.5, 0.6) is 0 Å². The minimum atomic E-state index is 0.721. The third kappa shape index (κ3) is 2.36. The van der Waals surface area contributed by atoms with Crippen LogP contribution in [0.2, 0.25) is 0 Å². The zero-order chi connectivity index (χ0) is 8.27. The summed E-state index contributed by atoms with van der Waals surface area (Å²) in [7, 11) is 4.27. The van der Waals surface area contributed by atoms with Gasteiger partial charge in [-0.15, -0.1) is 11.8 Å². The molecule has 1 fully saturated rings. The summed E-state index contributed by atoms with van der Waals surface area (Å²) >= 11 is 1.97. The molecule has 1 saturated heterocycles. The maximum absolute atomic E-state index is 2.45. The van der Waals surface area contributed by atoms with E-state index < -0.39 is 0 Å². The summed E-state index contributed by atoms with van der Waals surface area (Å²) in [4.78, 5) is 0. The lowest BCUT2D eigenvalue weighted by atomic mass is 10.1. The number of hydrazine groups is 1. The molecular weight excluding hydrogens is 156 g/mol. The van der Waals surface area contributed by atoms with Gasteiger partial charge in [0.25, 0.3) is 0 Å². The van der Waals surface area contributed by atoms with Crippen molar-refractivity contribution in [1.29, 1.82) is 0 Å². The normalized spacial score (nSPS) is 27.8. The SMILES string of the molecule is CSC1CCCCN1N(C)C. The van der Waals surface area contributed by atoms with Gasteiger partial charge in [0.05, 0.1) is 5.37 Å². The summed E-state index contributed by atoms with van der Waals surface area (Å²) in [6, 6.07) is 0. The first kappa shape index (κ1) is 9.36. The fourth-order valence-electron chi connectivity index (χ4n) is 1.58. The molecule has 2 nitrogen and oxygen atoms in total. The Hall–Kier alpha value is 0.270. The number of hydrogen-bond donors (Lipinski definition) is 0. The van der Waals surface area contributed by atoms with Gasteiger partial charge < -0.3 is 0 Å². The van der Waals surface area contributed by atoms with Crippen molar-refractivity contribution in [2.45, 2.75) is 24.6 Å². The largest absolute Gasteiger partial charge is 0.247 e. The van der Waals surface area contributed by atoms with Crippen LogP contribution in [0.3, 0.4) is 0 Å². The first-order chi connectivity index (χ1) is 5.25.